The van der Waals surface area contributed by atoms with Crippen LogP contribution in [-0.2, 0) is 9.37 Å². The maximum absolute atomic E-state index is 8.09. The molecule has 0 aliphatic heterocycles. The monoisotopic (exact) mass is 456 g/mol. The number of rotatable bonds is 5. The molecule has 0 amide bonds. The number of nitrogens with two attached hydrogens (primary N) is 1. The van der Waals surface area contributed by atoms with Gasteiger partial charge in [-0.3, -0.25) is 0 Å². The molecule has 5 aromatic rings. The molecule has 0 unspecified atom stereocenters. The second kappa shape index (κ2) is 10.8. The minimum atomic E-state index is 0.708. The van der Waals surface area contributed by atoms with Crippen LogP contribution in [0.4, 0.5) is 17.1 Å². The molecule has 0 heterocycles. The van der Waals surface area contributed by atoms with Gasteiger partial charge in [-0.1, -0.05) is 77.8 Å². The minimum Gasteiger partial charge on any atom is -0.398 e. The third-order valence-electron chi connectivity index (χ3n) is 5.24. The molecular weight excluding hydrogens is 432 g/mol. The lowest BCUT2D eigenvalue weighted by atomic mass is 10.0. The number of fused-ring (bicyclic) bond motifs is 2. The fourth-order valence-electron chi connectivity index (χ4n) is 3.74. The van der Waals surface area contributed by atoms with Crippen LogP contribution in [0.25, 0.3) is 21.5 Å². The first-order valence-corrected chi connectivity index (χ1v) is 11.1. The second-order valence-corrected chi connectivity index (χ2v) is 8.14. The minimum absolute atomic E-state index is 0.708. The Balaban J connectivity index is 0.000000160. The molecule has 0 saturated heterocycles. The van der Waals surface area contributed by atoms with E-state index in [4.69, 9.17) is 11.0 Å². The van der Waals surface area contributed by atoms with E-state index in [9.17, 15) is 0 Å². The van der Waals surface area contributed by atoms with Crippen molar-refractivity contribution >= 4 is 50.6 Å². The molecule has 0 fully saturated rings. The van der Waals surface area contributed by atoms with Crippen LogP contribution in [0.2, 0.25) is 0 Å². The summed E-state index contributed by atoms with van der Waals surface area (Å²) in [6.45, 7) is 2.15. The van der Waals surface area contributed by atoms with Gasteiger partial charge < -0.3 is 11.1 Å². The molecule has 0 spiro atoms. The van der Waals surface area contributed by atoms with Gasteiger partial charge in [0, 0.05) is 32.7 Å². The third kappa shape index (κ3) is 5.45. The highest BCUT2D eigenvalue weighted by molar-refractivity contribution is 7.94. The average Bonchev–Trinajstić information content (AvgIpc) is 2.84. The Bertz CT molecular complexity index is 1350. The highest BCUT2D eigenvalue weighted by atomic mass is 32.2. The zero-order valence-electron chi connectivity index (χ0n) is 18.1. The first-order chi connectivity index (χ1) is 16.2. The number of nitrogen functional groups attached to an aromatic ring is 1. The highest BCUT2D eigenvalue weighted by Crippen LogP contribution is 2.31. The molecule has 0 aromatic heterocycles. The molecule has 0 aliphatic rings. The van der Waals surface area contributed by atoms with Crippen molar-refractivity contribution in [2.45, 2.75) is 11.8 Å². The summed E-state index contributed by atoms with van der Waals surface area (Å²) in [5.41, 5.74) is 10.1. The average molecular weight is 457 g/mol. The first kappa shape index (κ1) is 22.6. The quantitative estimate of drug-likeness (QED) is 0.109. The van der Waals surface area contributed by atoms with Crippen molar-refractivity contribution in [1.82, 2.24) is 0 Å². The number of nitrogens with one attached hydrogen (secondary N) is 1. The van der Waals surface area contributed by atoms with Crippen LogP contribution < -0.4 is 11.1 Å². The lowest BCUT2D eigenvalue weighted by Crippen LogP contribution is -1.92. The molecule has 0 saturated carbocycles. The zero-order chi connectivity index (χ0) is 23.0. The van der Waals surface area contributed by atoms with E-state index < -0.39 is 0 Å². The molecule has 0 bridgehead atoms. The smallest absolute Gasteiger partial charge is 0.0721 e. The van der Waals surface area contributed by atoms with E-state index in [1.54, 1.807) is 0 Å². The van der Waals surface area contributed by atoms with Gasteiger partial charge in [-0.2, -0.15) is 0 Å². The number of anilines is 3. The Kier molecular flexibility index (Phi) is 7.44. The maximum atomic E-state index is 8.09. The third-order valence-corrected chi connectivity index (χ3v) is 5.90. The zero-order valence-corrected chi connectivity index (χ0v) is 18.9. The first-order valence-electron chi connectivity index (χ1n) is 10.4. The molecule has 5 rings (SSSR count). The molecule has 0 radical (unpaired) electrons. The SMILES string of the molecule is Cc1cccc2cccc(Nc3ccccc3)c12.Nc1cccc2c(SOOO)cccc12. The van der Waals surface area contributed by atoms with Gasteiger partial charge in [0.05, 0.1) is 12.0 Å². The van der Waals surface area contributed by atoms with Crippen LogP contribution in [-0.4, -0.2) is 5.26 Å². The number of para-hydroxylation sites is 1. The van der Waals surface area contributed by atoms with E-state index in [0.29, 0.717) is 5.69 Å². The highest BCUT2D eigenvalue weighted by Gasteiger charge is 2.05. The normalized spacial score (nSPS) is 10.6. The Labute approximate surface area is 196 Å². The van der Waals surface area contributed by atoms with Crippen LogP contribution in [0.15, 0.2) is 108 Å². The summed E-state index contributed by atoms with van der Waals surface area (Å²) in [6.07, 6.45) is 0. The van der Waals surface area contributed by atoms with Crippen LogP contribution in [0.5, 0.6) is 0 Å². The molecule has 0 atom stereocenters. The Morgan fingerprint density at radius 2 is 1.45 bits per heavy atom. The van der Waals surface area contributed by atoms with Crippen LogP contribution >= 0.6 is 12.0 Å². The molecule has 0 aliphatic carbocycles. The van der Waals surface area contributed by atoms with Gasteiger partial charge in [-0.25, -0.2) is 5.26 Å². The number of hydrogen-bond acceptors (Lipinski definition) is 6. The van der Waals surface area contributed by atoms with Gasteiger partial charge in [0.25, 0.3) is 0 Å². The Morgan fingerprint density at radius 3 is 2.24 bits per heavy atom. The van der Waals surface area contributed by atoms with Gasteiger partial charge >= 0.3 is 0 Å². The van der Waals surface area contributed by atoms with Crippen molar-refractivity contribution < 1.29 is 14.6 Å². The maximum Gasteiger partial charge on any atom is 0.0721 e. The topological polar surface area (TPSA) is 76.7 Å². The number of benzene rings is 5. The fourth-order valence-corrected chi connectivity index (χ4v) is 4.25. The van der Waals surface area contributed by atoms with Crippen molar-refractivity contribution in [2.24, 2.45) is 0 Å². The van der Waals surface area contributed by atoms with Crippen molar-refractivity contribution in [3.63, 3.8) is 0 Å². The van der Waals surface area contributed by atoms with E-state index in [2.05, 4.69) is 70.1 Å². The summed E-state index contributed by atoms with van der Waals surface area (Å²) in [5.74, 6) is 0. The lowest BCUT2D eigenvalue weighted by molar-refractivity contribution is -0.432. The van der Waals surface area contributed by atoms with Crippen LogP contribution in [0.3, 0.4) is 0 Å². The standard InChI is InChI=1S/C17H15N.C10H9NO3S/c1-13-7-5-8-14-9-6-12-16(17(13)14)18-15-10-3-2-4-11-15;11-9-5-1-4-8-7(9)3-2-6-10(8)15-14-13-12/h2-12,18H,1H3;1-6,12H,11H2. The van der Waals surface area contributed by atoms with E-state index in [0.717, 1.165) is 39.1 Å². The Hall–Kier alpha value is -3.55. The number of aryl methyl sites for hydroxylation is 1. The largest absolute Gasteiger partial charge is 0.398 e. The molecule has 5 nitrogen and oxygen atoms in total. The predicted molar refractivity (Wildman–Crippen MR) is 137 cm³/mol. The van der Waals surface area contributed by atoms with Crippen molar-refractivity contribution in [1.29, 1.82) is 0 Å². The molecule has 5 aromatic carbocycles. The van der Waals surface area contributed by atoms with Crippen LogP contribution in [0, 0.1) is 6.92 Å². The predicted octanol–water partition coefficient (Wildman–Crippen LogP) is 7.74. The Morgan fingerprint density at radius 1 is 0.758 bits per heavy atom. The van der Waals surface area contributed by atoms with Crippen molar-refractivity contribution in [3.05, 3.63) is 109 Å². The van der Waals surface area contributed by atoms with Gasteiger partial charge in [-0.05, 0) is 53.6 Å². The molecule has 33 heavy (non-hydrogen) atoms. The summed E-state index contributed by atoms with van der Waals surface area (Å²) in [6, 6.07) is 34.3. The second-order valence-electron chi connectivity index (χ2n) is 7.39. The summed E-state index contributed by atoms with van der Waals surface area (Å²) >= 11 is 0.931. The van der Waals surface area contributed by atoms with Crippen molar-refractivity contribution in [3.8, 4) is 0 Å². The molecule has 4 N–H and O–H groups in total. The summed E-state index contributed by atoms with van der Waals surface area (Å²) in [7, 11) is 0. The van der Waals surface area contributed by atoms with Gasteiger partial charge in [0.15, 0.2) is 0 Å². The lowest BCUT2D eigenvalue weighted by Gasteiger charge is -2.11. The summed E-state index contributed by atoms with van der Waals surface area (Å²) < 4.78 is 4.40. The summed E-state index contributed by atoms with van der Waals surface area (Å²) in [5, 5.41) is 19.6. The summed E-state index contributed by atoms with van der Waals surface area (Å²) in [4.78, 5) is 0.828. The number of hydrogen-bond donors (Lipinski definition) is 3. The molecule has 166 valence electrons. The van der Waals surface area contributed by atoms with E-state index in [-0.39, 0.29) is 0 Å². The van der Waals surface area contributed by atoms with E-state index >= 15 is 0 Å². The van der Waals surface area contributed by atoms with E-state index in [1.165, 1.54) is 16.3 Å². The fraction of sp³-hybridized carbons (Fsp3) is 0.0370. The van der Waals surface area contributed by atoms with Crippen LogP contribution in [0.1, 0.15) is 5.56 Å². The van der Waals surface area contributed by atoms with Gasteiger partial charge in [0.2, 0.25) is 0 Å². The molecule has 6 heteroatoms. The van der Waals surface area contributed by atoms with E-state index in [1.807, 2.05) is 54.6 Å². The molecular formula is C27H24N2O3S. The van der Waals surface area contributed by atoms with Gasteiger partial charge in [-0.15, -0.1) is 4.33 Å². The van der Waals surface area contributed by atoms with Crippen molar-refractivity contribution in [2.75, 3.05) is 11.1 Å². The van der Waals surface area contributed by atoms with Gasteiger partial charge in [0.1, 0.15) is 0 Å².